The van der Waals surface area contributed by atoms with E-state index >= 15 is 0 Å². The maximum atomic E-state index is 13.3. The molecule has 2 aromatic rings. The number of halogens is 2. The van der Waals surface area contributed by atoms with Gasteiger partial charge in [0.15, 0.2) is 0 Å². The van der Waals surface area contributed by atoms with E-state index in [1.165, 1.54) is 12.1 Å². The van der Waals surface area contributed by atoms with Crippen LogP contribution in [-0.4, -0.2) is 9.78 Å². The molecule has 90 valence electrons. The van der Waals surface area contributed by atoms with Crippen molar-refractivity contribution in [2.24, 2.45) is 7.05 Å². The predicted molar refractivity (Wildman–Crippen MR) is 60.1 cm³/mol. The van der Waals surface area contributed by atoms with Crippen molar-refractivity contribution >= 4 is 0 Å². The van der Waals surface area contributed by atoms with E-state index in [0.29, 0.717) is 18.7 Å². The molecule has 0 bridgehead atoms. The maximum Gasteiger partial charge on any atom is 0.130 e. The minimum absolute atomic E-state index is 0.362. The number of aryl methyl sites for hydroxylation is 1. The molecule has 0 amide bonds. The molecule has 0 aliphatic heterocycles. The van der Waals surface area contributed by atoms with E-state index in [2.05, 4.69) is 10.4 Å². The first-order valence-corrected chi connectivity index (χ1v) is 5.27. The molecule has 0 aliphatic carbocycles. The monoisotopic (exact) mass is 237 g/mol. The van der Waals surface area contributed by atoms with Gasteiger partial charge in [-0.15, -0.1) is 0 Å². The van der Waals surface area contributed by atoms with E-state index in [9.17, 15) is 8.78 Å². The lowest BCUT2D eigenvalue weighted by Crippen LogP contribution is -2.13. The summed E-state index contributed by atoms with van der Waals surface area (Å²) < 4.78 is 27.7. The van der Waals surface area contributed by atoms with Crippen LogP contribution in [0.25, 0.3) is 0 Å². The van der Waals surface area contributed by atoms with Gasteiger partial charge in [0.2, 0.25) is 0 Å². The third kappa shape index (κ3) is 3.10. The number of hydrogen-bond acceptors (Lipinski definition) is 2. The second-order valence-corrected chi connectivity index (χ2v) is 3.86. The van der Waals surface area contributed by atoms with Crippen LogP contribution in [0.1, 0.15) is 11.1 Å². The van der Waals surface area contributed by atoms with Crippen LogP contribution in [0.2, 0.25) is 0 Å². The molecule has 2 rings (SSSR count). The number of aromatic nitrogens is 2. The minimum atomic E-state index is -0.557. The number of nitrogens with one attached hydrogen (secondary N) is 1. The molecule has 0 radical (unpaired) electrons. The van der Waals surface area contributed by atoms with Gasteiger partial charge in [-0.3, -0.25) is 4.68 Å². The van der Waals surface area contributed by atoms with Gasteiger partial charge in [0.25, 0.3) is 0 Å². The Morgan fingerprint density at radius 3 is 2.76 bits per heavy atom. The number of rotatable bonds is 4. The Morgan fingerprint density at radius 2 is 2.12 bits per heavy atom. The summed E-state index contributed by atoms with van der Waals surface area (Å²) in [6.07, 6.45) is 3.63. The van der Waals surface area contributed by atoms with Crippen molar-refractivity contribution in [3.63, 3.8) is 0 Å². The van der Waals surface area contributed by atoms with Crippen LogP contribution in [-0.2, 0) is 20.1 Å². The fourth-order valence-electron chi connectivity index (χ4n) is 1.57. The first-order chi connectivity index (χ1) is 8.15. The van der Waals surface area contributed by atoms with Crippen molar-refractivity contribution in [3.05, 3.63) is 53.4 Å². The zero-order valence-corrected chi connectivity index (χ0v) is 9.45. The highest BCUT2D eigenvalue weighted by Gasteiger charge is 2.03. The molecule has 0 saturated carbocycles. The summed E-state index contributed by atoms with van der Waals surface area (Å²) >= 11 is 0. The Morgan fingerprint density at radius 1 is 1.29 bits per heavy atom. The van der Waals surface area contributed by atoms with Gasteiger partial charge in [-0.1, -0.05) is 6.07 Å². The van der Waals surface area contributed by atoms with Crippen LogP contribution in [0.5, 0.6) is 0 Å². The highest BCUT2D eigenvalue weighted by Crippen LogP contribution is 2.09. The molecule has 1 aromatic heterocycles. The van der Waals surface area contributed by atoms with Gasteiger partial charge >= 0.3 is 0 Å². The van der Waals surface area contributed by atoms with Gasteiger partial charge < -0.3 is 5.32 Å². The molecule has 1 aromatic carbocycles. The molecule has 0 unspecified atom stereocenters. The maximum absolute atomic E-state index is 13.3. The largest absolute Gasteiger partial charge is 0.308 e. The first kappa shape index (κ1) is 11.7. The Balaban J connectivity index is 1.90. The lowest BCUT2D eigenvalue weighted by atomic mass is 10.2. The zero-order chi connectivity index (χ0) is 12.3. The summed E-state index contributed by atoms with van der Waals surface area (Å²) in [5.74, 6) is -1.08. The van der Waals surface area contributed by atoms with E-state index in [1.54, 1.807) is 10.9 Å². The van der Waals surface area contributed by atoms with Gasteiger partial charge in [-0.25, -0.2) is 8.78 Å². The summed E-state index contributed by atoms with van der Waals surface area (Å²) in [6.45, 7) is 0.964. The topological polar surface area (TPSA) is 29.9 Å². The fraction of sp³-hybridized carbons (Fsp3) is 0.250. The van der Waals surface area contributed by atoms with Crippen LogP contribution < -0.4 is 5.32 Å². The second kappa shape index (κ2) is 5.05. The summed E-state index contributed by atoms with van der Waals surface area (Å²) in [4.78, 5) is 0. The van der Waals surface area contributed by atoms with E-state index in [1.807, 2.05) is 13.2 Å². The molecule has 0 fully saturated rings. The van der Waals surface area contributed by atoms with Crippen molar-refractivity contribution in [2.75, 3.05) is 0 Å². The predicted octanol–water partition coefficient (Wildman–Crippen LogP) is 1.99. The molecule has 1 N–H and O–H groups in total. The Bertz CT molecular complexity index is 508. The minimum Gasteiger partial charge on any atom is -0.308 e. The van der Waals surface area contributed by atoms with Crippen LogP contribution in [0.15, 0.2) is 30.6 Å². The lowest BCUT2D eigenvalue weighted by Gasteiger charge is -2.04. The van der Waals surface area contributed by atoms with Gasteiger partial charge in [0.05, 0.1) is 6.20 Å². The molecule has 0 saturated heterocycles. The van der Waals surface area contributed by atoms with Crippen LogP contribution in [0.4, 0.5) is 8.78 Å². The van der Waals surface area contributed by atoms with Gasteiger partial charge in [-0.05, 0) is 6.07 Å². The molecule has 17 heavy (non-hydrogen) atoms. The molecule has 3 nitrogen and oxygen atoms in total. The van der Waals surface area contributed by atoms with Crippen molar-refractivity contribution in [1.29, 1.82) is 0 Å². The Hall–Kier alpha value is -1.75. The van der Waals surface area contributed by atoms with Gasteiger partial charge in [0.1, 0.15) is 11.6 Å². The molecule has 0 spiro atoms. The third-order valence-corrected chi connectivity index (χ3v) is 2.42. The van der Waals surface area contributed by atoms with Crippen molar-refractivity contribution < 1.29 is 8.78 Å². The van der Waals surface area contributed by atoms with Crippen molar-refractivity contribution in [1.82, 2.24) is 15.1 Å². The summed E-state index contributed by atoms with van der Waals surface area (Å²) in [7, 11) is 1.84. The van der Waals surface area contributed by atoms with E-state index in [0.717, 1.165) is 11.6 Å². The average molecular weight is 237 g/mol. The van der Waals surface area contributed by atoms with E-state index in [-0.39, 0.29) is 0 Å². The van der Waals surface area contributed by atoms with E-state index < -0.39 is 11.6 Å². The van der Waals surface area contributed by atoms with Crippen molar-refractivity contribution in [3.8, 4) is 0 Å². The van der Waals surface area contributed by atoms with Crippen LogP contribution >= 0.6 is 0 Å². The quantitative estimate of drug-likeness (QED) is 0.881. The highest BCUT2D eigenvalue weighted by molar-refractivity contribution is 5.18. The number of hydrogen-bond donors (Lipinski definition) is 1. The first-order valence-electron chi connectivity index (χ1n) is 5.27. The van der Waals surface area contributed by atoms with Gasteiger partial charge in [-0.2, -0.15) is 5.10 Å². The van der Waals surface area contributed by atoms with E-state index in [4.69, 9.17) is 0 Å². The lowest BCUT2D eigenvalue weighted by molar-refractivity contribution is 0.560. The van der Waals surface area contributed by atoms with Crippen molar-refractivity contribution in [2.45, 2.75) is 13.1 Å². The summed E-state index contributed by atoms with van der Waals surface area (Å²) in [5, 5.41) is 7.10. The Labute approximate surface area is 98.1 Å². The second-order valence-electron chi connectivity index (χ2n) is 3.86. The Kier molecular flexibility index (Phi) is 3.49. The molecule has 1 heterocycles. The molecule has 0 aliphatic rings. The SMILES string of the molecule is Cn1cc(CNCc2ccc(F)cc2F)cn1. The summed E-state index contributed by atoms with van der Waals surface area (Å²) in [5.41, 5.74) is 1.48. The highest BCUT2D eigenvalue weighted by atomic mass is 19.1. The molecule has 5 heteroatoms. The molecular formula is C12H13F2N3. The third-order valence-electron chi connectivity index (χ3n) is 2.42. The average Bonchev–Trinajstić information content (AvgIpc) is 2.68. The smallest absolute Gasteiger partial charge is 0.130 e. The summed E-state index contributed by atoms with van der Waals surface area (Å²) in [6, 6.07) is 3.59. The van der Waals surface area contributed by atoms with Crippen LogP contribution in [0, 0.1) is 11.6 Å². The number of nitrogens with zero attached hydrogens (tertiary/aromatic N) is 2. The molecule has 0 atom stereocenters. The van der Waals surface area contributed by atoms with Gasteiger partial charge in [0, 0.05) is 43.5 Å². The standard InChI is InChI=1S/C12H13F2N3/c1-17-8-9(6-16-17)5-15-7-10-2-3-11(13)4-12(10)14/h2-4,6,8,15H,5,7H2,1H3. The normalized spacial score (nSPS) is 10.8. The van der Waals surface area contributed by atoms with Crippen LogP contribution in [0.3, 0.4) is 0 Å². The fourth-order valence-corrected chi connectivity index (χ4v) is 1.57. The molecular weight excluding hydrogens is 224 g/mol. The number of benzene rings is 1. The zero-order valence-electron chi connectivity index (χ0n) is 9.45.